The molecule has 9 heteroatoms. The van der Waals surface area contributed by atoms with E-state index in [1.807, 2.05) is 0 Å². The number of hydrogen-bond donors (Lipinski definition) is 1. The van der Waals surface area contributed by atoms with E-state index < -0.39 is 16.1 Å². The average molecular weight is 477 g/mol. The Labute approximate surface area is 193 Å². The van der Waals surface area contributed by atoms with E-state index in [1.165, 1.54) is 41.6 Å². The molecule has 1 atom stereocenters. The number of allylic oxidation sites excluding steroid dienone is 1. The van der Waals surface area contributed by atoms with Gasteiger partial charge in [0.15, 0.2) is 6.10 Å². The fraction of sp³-hybridized carbons (Fsp3) is 0.348. The molecule has 0 fully saturated rings. The highest BCUT2D eigenvalue weighted by molar-refractivity contribution is 7.92. The number of amides is 1. The number of fused-ring (bicyclic) bond motifs is 1. The van der Waals surface area contributed by atoms with Gasteiger partial charge in [-0.05, 0) is 68.1 Å². The SMILES string of the molecule is COc1ccc(S(=O)(=O)N2CC(C(=O)NCC3=CCCCC3)Oc3ccc(Cl)cc32)cc1. The number of ether oxygens (including phenoxy) is 2. The van der Waals surface area contributed by atoms with Crippen molar-refractivity contribution in [2.45, 2.75) is 36.7 Å². The van der Waals surface area contributed by atoms with Crippen molar-refractivity contribution in [1.82, 2.24) is 5.32 Å². The van der Waals surface area contributed by atoms with Crippen molar-refractivity contribution < 1.29 is 22.7 Å². The minimum atomic E-state index is -3.97. The molecule has 2 aliphatic rings. The van der Waals surface area contributed by atoms with Crippen LogP contribution in [0.2, 0.25) is 5.02 Å². The third kappa shape index (κ3) is 4.71. The number of nitrogens with one attached hydrogen (secondary N) is 1. The predicted molar refractivity (Wildman–Crippen MR) is 123 cm³/mol. The van der Waals surface area contributed by atoms with Crippen LogP contribution >= 0.6 is 11.6 Å². The molecule has 1 aliphatic heterocycles. The summed E-state index contributed by atoms with van der Waals surface area (Å²) in [6, 6.07) is 10.8. The molecule has 170 valence electrons. The quantitative estimate of drug-likeness (QED) is 0.639. The first-order chi connectivity index (χ1) is 15.4. The van der Waals surface area contributed by atoms with Crippen molar-refractivity contribution in [3.8, 4) is 11.5 Å². The van der Waals surface area contributed by atoms with Gasteiger partial charge >= 0.3 is 0 Å². The van der Waals surface area contributed by atoms with Crippen LogP contribution in [0.5, 0.6) is 11.5 Å². The molecular weight excluding hydrogens is 452 g/mol. The third-order valence-corrected chi connectivity index (χ3v) is 7.63. The van der Waals surface area contributed by atoms with Crippen molar-refractivity contribution >= 4 is 33.2 Å². The number of carbonyl (C=O) groups is 1. The first-order valence-electron chi connectivity index (χ1n) is 10.5. The van der Waals surface area contributed by atoms with Crippen LogP contribution in [0, 0.1) is 0 Å². The van der Waals surface area contributed by atoms with Crippen molar-refractivity contribution in [3.63, 3.8) is 0 Å². The molecule has 1 unspecified atom stereocenters. The highest BCUT2D eigenvalue weighted by Crippen LogP contribution is 2.39. The van der Waals surface area contributed by atoms with Gasteiger partial charge in [0, 0.05) is 11.6 Å². The molecule has 1 amide bonds. The van der Waals surface area contributed by atoms with Crippen LogP contribution in [0.15, 0.2) is 59.0 Å². The van der Waals surface area contributed by atoms with Gasteiger partial charge in [0.1, 0.15) is 11.5 Å². The molecule has 2 aromatic carbocycles. The number of rotatable bonds is 6. The molecule has 0 saturated heterocycles. The minimum absolute atomic E-state index is 0.0812. The summed E-state index contributed by atoms with van der Waals surface area (Å²) in [5, 5.41) is 3.26. The van der Waals surface area contributed by atoms with E-state index in [1.54, 1.807) is 24.3 Å². The maximum atomic E-state index is 13.5. The fourth-order valence-corrected chi connectivity index (χ4v) is 5.48. The van der Waals surface area contributed by atoms with Gasteiger partial charge in [-0.2, -0.15) is 0 Å². The van der Waals surface area contributed by atoms with Crippen molar-refractivity contribution in [1.29, 1.82) is 0 Å². The molecule has 0 spiro atoms. The van der Waals surface area contributed by atoms with Gasteiger partial charge in [-0.1, -0.05) is 23.3 Å². The molecule has 7 nitrogen and oxygen atoms in total. The Bertz CT molecular complexity index is 1130. The van der Waals surface area contributed by atoms with Gasteiger partial charge in [0.25, 0.3) is 15.9 Å². The Hall–Kier alpha value is -2.71. The maximum Gasteiger partial charge on any atom is 0.264 e. The first kappa shape index (κ1) is 22.5. The second-order valence-corrected chi connectivity index (χ2v) is 10.1. The Kier molecular flexibility index (Phi) is 6.62. The topological polar surface area (TPSA) is 84.9 Å². The normalized spacial score (nSPS) is 18.2. The van der Waals surface area contributed by atoms with Crippen molar-refractivity contribution in [2.75, 3.05) is 24.5 Å². The first-order valence-corrected chi connectivity index (χ1v) is 12.3. The molecule has 2 aromatic rings. The summed E-state index contributed by atoms with van der Waals surface area (Å²) in [5.41, 5.74) is 1.49. The largest absolute Gasteiger partial charge is 0.497 e. The number of sulfonamides is 1. The Morgan fingerprint density at radius 3 is 2.69 bits per heavy atom. The zero-order valence-corrected chi connectivity index (χ0v) is 19.3. The Balaban J connectivity index is 1.61. The molecule has 1 heterocycles. The van der Waals surface area contributed by atoms with Gasteiger partial charge < -0.3 is 14.8 Å². The van der Waals surface area contributed by atoms with Crippen LogP contribution in [0.4, 0.5) is 5.69 Å². The number of benzene rings is 2. The van der Waals surface area contributed by atoms with Crippen LogP contribution in [0.1, 0.15) is 25.7 Å². The van der Waals surface area contributed by atoms with E-state index in [2.05, 4.69) is 11.4 Å². The predicted octanol–water partition coefficient (Wildman–Crippen LogP) is 3.92. The Morgan fingerprint density at radius 2 is 2.00 bits per heavy atom. The summed E-state index contributed by atoms with van der Waals surface area (Å²) in [5.74, 6) is 0.477. The van der Waals surface area contributed by atoms with Gasteiger partial charge in [-0.25, -0.2) is 8.42 Å². The molecule has 0 saturated carbocycles. The lowest BCUT2D eigenvalue weighted by Gasteiger charge is -2.35. The monoisotopic (exact) mass is 476 g/mol. The fourth-order valence-electron chi connectivity index (χ4n) is 3.84. The van der Waals surface area contributed by atoms with Crippen molar-refractivity contribution in [3.05, 3.63) is 59.1 Å². The van der Waals surface area contributed by atoms with E-state index in [-0.39, 0.29) is 23.1 Å². The third-order valence-electron chi connectivity index (χ3n) is 5.61. The number of halogens is 1. The minimum Gasteiger partial charge on any atom is -0.497 e. The number of nitrogens with zero attached hydrogens (tertiary/aromatic N) is 1. The van der Waals surface area contributed by atoms with E-state index in [9.17, 15) is 13.2 Å². The highest BCUT2D eigenvalue weighted by Gasteiger charge is 2.37. The lowest BCUT2D eigenvalue weighted by atomic mass is 10.00. The van der Waals surface area contributed by atoms with Crippen LogP contribution in [0.25, 0.3) is 0 Å². The molecule has 0 aromatic heterocycles. The molecule has 4 rings (SSSR count). The molecule has 0 radical (unpaired) electrons. The molecular formula is C23H25ClN2O5S. The maximum absolute atomic E-state index is 13.5. The van der Waals surface area contributed by atoms with Gasteiger partial charge in [0.05, 0.1) is 24.2 Å². The second kappa shape index (κ2) is 9.42. The lowest BCUT2D eigenvalue weighted by molar-refractivity contribution is -0.127. The van der Waals surface area contributed by atoms with E-state index in [0.29, 0.717) is 23.0 Å². The summed E-state index contributed by atoms with van der Waals surface area (Å²) >= 11 is 6.13. The van der Waals surface area contributed by atoms with Crippen molar-refractivity contribution in [2.24, 2.45) is 0 Å². The highest BCUT2D eigenvalue weighted by atomic mass is 35.5. The van der Waals surface area contributed by atoms with Crippen LogP contribution in [-0.2, 0) is 14.8 Å². The van der Waals surface area contributed by atoms with Gasteiger partial charge in [-0.15, -0.1) is 0 Å². The molecule has 0 bridgehead atoms. The van der Waals surface area contributed by atoms with Crippen LogP contribution in [0.3, 0.4) is 0 Å². The molecule has 32 heavy (non-hydrogen) atoms. The van der Waals surface area contributed by atoms with E-state index in [4.69, 9.17) is 21.1 Å². The number of anilines is 1. The second-order valence-electron chi connectivity index (χ2n) is 7.76. The summed E-state index contributed by atoms with van der Waals surface area (Å²) in [6.07, 6.45) is 5.44. The van der Waals surface area contributed by atoms with Crippen LogP contribution < -0.4 is 19.1 Å². The molecule has 1 aliphatic carbocycles. The van der Waals surface area contributed by atoms with Crippen LogP contribution in [-0.4, -0.2) is 40.6 Å². The lowest BCUT2D eigenvalue weighted by Crippen LogP contribution is -2.51. The summed E-state index contributed by atoms with van der Waals surface area (Å²) in [6.45, 7) is 0.282. The number of methoxy groups -OCH3 is 1. The number of hydrogen-bond acceptors (Lipinski definition) is 5. The standard InChI is InChI=1S/C23H25ClN2O5S/c1-30-18-8-10-19(11-9-18)32(28,29)26-15-22(31-21-12-7-17(24)13-20(21)26)23(27)25-14-16-5-3-2-4-6-16/h5,7-13,22H,2-4,6,14-15H2,1H3,(H,25,27). The molecule has 1 N–H and O–H groups in total. The summed E-state index contributed by atoms with van der Waals surface area (Å²) < 4.78 is 39.1. The zero-order chi connectivity index (χ0) is 22.7. The average Bonchev–Trinajstić information content (AvgIpc) is 2.82. The number of carbonyl (C=O) groups excluding carboxylic acids is 1. The van der Waals surface area contributed by atoms with E-state index in [0.717, 1.165) is 19.3 Å². The van der Waals surface area contributed by atoms with Gasteiger partial charge in [0.2, 0.25) is 0 Å². The summed E-state index contributed by atoms with van der Waals surface area (Å²) in [7, 11) is -2.46. The smallest absolute Gasteiger partial charge is 0.264 e. The summed E-state index contributed by atoms with van der Waals surface area (Å²) in [4.78, 5) is 13.0. The van der Waals surface area contributed by atoms with E-state index >= 15 is 0 Å². The zero-order valence-electron chi connectivity index (χ0n) is 17.7. The van der Waals surface area contributed by atoms with Gasteiger partial charge in [-0.3, -0.25) is 9.10 Å². The Morgan fingerprint density at radius 1 is 1.22 bits per heavy atom.